The highest BCUT2D eigenvalue weighted by Gasteiger charge is 2.20. The number of hydrogen-bond donors (Lipinski definition) is 0. The van der Waals surface area contributed by atoms with Crippen LogP contribution in [0.5, 0.6) is 0 Å². The summed E-state index contributed by atoms with van der Waals surface area (Å²) in [7, 11) is 0. The molecule has 1 fully saturated rings. The number of halogens is 1. The summed E-state index contributed by atoms with van der Waals surface area (Å²) < 4.78 is 11.9. The van der Waals surface area contributed by atoms with Gasteiger partial charge in [-0.05, 0) is 61.5 Å². The van der Waals surface area contributed by atoms with E-state index in [0.717, 1.165) is 24.7 Å². The second kappa shape index (κ2) is 7.47. The van der Waals surface area contributed by atoms with E-state index in [4.69, 9.17) is 0 Å². The third-order valence-electron chi connectivity index (χ3n) is 4.56. The molecular formula is C18H25F. The summed E-state index contributed by atoms with van der Waals surface area (Å²) >= 11 is 0. The molecule has 1 aromatic carbocycles. The second-order valence-electron chi connectivity index (χ2n) is 5.77. The molecule has 0 bridgehead atoms. The predicted molar refractivity (Wildman–Crippen MR) is 80.0 cm³/mol. The van der Waals surface area contributed by atoms with Crippen molar-refractivity contribution in [1.82, 2.24) is 0 Å². The molecule has 0 aromatic heterocycles. The van der Waals surface area contributed by atoms with Crippen molar-refractivity contribution in [2.45, 2.75) is 57.8 Å². The first-order valence-corrected chi connectivity index (χ1v) is 7.67. The molecule has 2 rings (SSSR count). The highest BCUT2D eigenvalue weighted by atomic mass is 19.1. The molecule has 0 unspecified atom stereocenters. The summed E-state index contributed by atoms with van der Waals surface area (Å²) in [6, 6.07) is 9.00. The minimum absolute atomic E-state index is 0.639. The van der Waals surface area contributed by atoms with Crippen LogP contribution in [0.1, 0.15) is 62.5 Å². The van der Waals surface area contributed by atoms with Crippen LogP contribution in [0.25, 0.3) is 0 Å². The third-order valence-corrected chi connectivity index (χ3v) is 4.56. The molecule has 0 N–H and O–H groups in total. The van der Waals surface area contributed by atoms with Crippen LogP contribution in [0.4, 0.5) is 4.39 Å². The molecule has 0 atom stereocenters. The average molecular weight is 260 g/mol. The molecule has 1 heteroatoms. The quantitative estimate of drug-likeness (QED) is 0.629. The van der Waals surface area contributed by atoms with Crippen molar-refractivity contribution in [3.05, 3.63) is 47.8 Å². The van der Waals surface area contributed by atoms with Gasteiger partial charge in [0.25, 0.3) is 0 Å². The Hall–Kier alpha value is -1.11. The van der Waals surface area contributed by atoms with Gasteiger partial charge in [0.05, 0.1) is 6.33 Å². The van der Waals surface area contributed by atoms with E-state index in [2.05, 4.69) is 31.2 Å². The van der Waals surface area contributed by atoms with E-state index in [1.807, 2.05) is 0 Å². The van der Waals surface area contributed by atoms with Crippen molar-refractivity contribution in [2.24, 2.45) is 5.92 Å². The van der Waals surface area contributed by atoms with Crippen LogP contribution in [0, 0.1) is 5.92 Å². The van der Waals surface area contributed by atoms with Crippen LogP contribution in [0.2, 0.25) is 0 Å². The third kappa shape index (κ3) is 4.19. The van der Waals surface area contributed by atoms with Crippen LogP contribution in [-0.4, -0.2) is 0 Å². The van der Waals surface area contributed by atoms with Gasteiger partial charge < -0.3 is 0 Å². The van der Waals surface area contributed by atoms with E-state index in [1.165, 1.54) is 43.2 Å². The summed E-state index contributed by atoms with van der Waals surface area (Å²) in [5.41, 5.74) is 2.81. The molecule has 0 aliphatic heterocycles. The Kier molecular flexibility index (Phi) is 5.62. The molecule has 0 amide bonds. The van der Waals surface area contributed by atoms with Gasteiger partial charge in [-0.1, -0.05) is 43.7 Å². The van der Waals surface area contributed by atoms with Gasteiger partial charge in [-0.3, -0.25) is 0 Å². The highest BCUT2D eigenvalue weighted by molar-refractivity contribution is 5.26. The van der Waals surface area contributed by atoms with E-state index in [9.17, 15) is 4.39 Å². The van der Waals surface area contributed by atoms with Gasteiger partial charge >= 0.3 is 0 Å². The first kappa shape index (κ1) is 14.3. The Morgan fingerprint density at radius 1 is 1.11 bits per heavy atom. The molecule has 104 valence electrons. The molecule has 0 radical (unpaired) electrons. The molecule has 0 nitrogen and oxygen atoms in total. The minimum Gasteiger partial charge on any atom is -0.216 e. The molecule has 1 aromatic rings. The van der Waals surface area contributed by atoms with Crippen molar-refractivity contribution in [3.8, 4) is 0 Å². The molecule has 1 aliphatic rings. The fourth-order valence-electron chi connectivity index (χ4n) is 3.17. The molecule has 19 heavy (non-hydrogen) atoms. The Labute approximate surface area is 116 Å². The molecule has 1 aliphatic carbocycles. The zero-order valence-corrected chi connectivity index (χ0v) is 11.9. The van der Waals surface area contributed by atoms with Gasteiger partial charge in [-0.25, -0.2) is 4.39 Å². The summed E-state index contributed by atoms with van der Waals surface area (Å²) in [4.78, 5) is 0. The van der Waals surface area contributed by atoms with Crippen LogP contribution in [-0.2, 0) is 6.42 Å². The summed E-state index contributed by atoms with van der Waals surface area (Å²) in [5.74, 6) is 1.73. The van der Waals surface area contributed by atoms with Gasteiger partial charge in [-0.2, -0.15) is 0 Å². The van der Waals surface area contributed by atoms with Crippen molar-refractivity contribution in [2.75, 3.05) is 0 Å². The van der Waals surface area contributed by atoms with Crippen LogP contribution in [0.3, 0.4) is 0 Å². The maximum Gasteiger partial charge on any atom is 0.0827 e. The lowest BCUT2D eigenvalue weighted by molar-refractivity contribution is 0.319. The zero-order valence-electron chi connectivity index (χ0n) is 11.9. The van der Waals surface area contributed by atoms with Gasteiger partial charge in [0.2, 0.25) is 0 Å². The molecular weight excluding hydrogens is 235 g/mol. The number of rotatable bonds is 5. The lowest BCUT2D eigenvalue weighted by atomic mass is 9.78. The van der Waals surface area contributed by atoms with Crippen LogP contribution in [0.15, 0.2) is 36.7 Å². The molecule has 0 spiro atoms. The molecule has 1 saturated carbocycles. The average Bonchev–Trinajstić information content (AvgIpc) is 2.48. The van der Waals surface area contributed by atoms with E-state index in [0.29, 0.717) is 6.33 Å². The van der Waals surface area contributed by atoms with E-state index < -0.39 is 0 Å². The summed E-state index contributed by atoms with van der Waals surface area (Å²) in [5, 5.41) is 0. The standard InChI is InChI=1S/C18H25F/c1-2-15-6-10-17(11-7-15)18-12-8-16(9-13-18)5-3-4-14-19/h4,8-9,12-15,17H,2-3,5-7,10-11H2,1H3/b14-4+. The van der Waals surface area contributed by atoms with Crippen molar-refractivity contribution in [1.29, 1.82) is 0 Å². The largest absolute Gasteiger partial charge is 0.216 e. The number of allylic oxidation sites excluding steroid dienone is 1. The smallest absolute Gasteiger partial charge is 0.0827 e. The lowest BCUT2D eigenvalue weighted by Gasteiger charge is -2.28. The van der Waals surface area contributed by atoms with E-state index >= 15 is 0 Å². The summed E-state index contributed by atoms with van der Waals surface area (Å²) in [6.07, 6.45) is 10.8. The maximum atomic E-state index is 11.9. The lowest BCUT2D eigenvalue weighted by Crippen LogP contribution is -2.12. The Balaban J connectivity index is 1.88. The minimum atomic E-state index is 0.639. The number of aryl methyl sites for hydroxylation is 1. The van der Waals surface area contributed by atoms with Crippen LogP contribution >= 0.6 is 0 Å². The molecule has 0 heterocycles. The van der Waals surface area contributed by atoms with Gasteiger partial charge in [0.15, 0.2) is 0 Å². The van der Waals surface area contributed by atoms with Crippen LogP contribution < -0.4 is 0 Å². The van der Waals surface area contributed by atoms with E-state index in [1.54, 1.807) is 6.08 Å². The molecule has 0 saturated heterocycles. The predicted octanol–water partition coefficient (Wildman–Crippen LogP) is 5.79. The van der Waals surface area contributed by atoms with Gasteiger partial charge in [0.1, 0.15) is 0 Å². The maximum absolute atomic E-state index is 11.9. The van der Waals surface area contributed by atoms with E-state index in [-0.39, 0.29) is 0 Å². The summed E-state index contributed by atoms with van der Waals surface area (Å²) in [6.45, 7) is 2.31. The second-order valence-corrected chi connectivity index (χ2v) is 5.77. The van der Waals surface area contributed by atoms with Crippen molar-refractivity contribution < 1.29 is 4.39 Å². The Bertz CT molecular complexity index is 383. The fraction of sp³-hybridized carbons (Fsp3) is 0.556. The Morgan fingerprint density at radius 2 is 1.79 bits per heavy atom. The highest BCUT2D eigenvalue weighted by Crippen LogP contribution is 2.36. The van der Waals surface area contributed by atoms with Crippen molar-refractivity contribution in [3.63, 3.8) is 0 Å². The normalized spacial score (nSPS) is 23.9. The number of hydrogen-bond acceptors (Lipinski definition) is 0. The monoisotopic (exact) mass is 260 g/mol. The Morgan fingerprint density at radius 3 is 2.37 bits per heavy atom. The number of benzene rings is 1. The van der Waals surface area contributed by atoms with Crippen molar-refractivity contribution >= 4 is 0 Å². The van der Waals surface area contributed by atoms with Gasteiger partial charge in [0, 0.05) is 0 Å². The topological polar surface area (TPSA) is 0 Å². The fourth-order valence-corrected chi connectivity index (χ4v) is 3.17. The van der Waals surface area contributed by atoms with Gasteiger partial charge in [-0.15, -0.1) is 0 Å². The zero-order chi connectivity index (χ0) is 13.5. The first-order valence-electron chi connectivity index (χ1n) is 7.67. The SMILES string of the molecule is CCC1CCC(c2ccc(CC/C=C/F)cc2)CC1. The first-order chi connectivity index (χ1) is 9.33.